The molecule has 0 aromatic carbocycles. The molecule has 1 nitrogen and oxygen atoms in total. The molecule has 2 rings (SSSR count). The van der Waals surface area contributed by atoms with Crippen LogP contribution < -0.4 is 5.73 Å². The Morgan fingerprint density at radius 1 is 1.36 bits per heavy atom. The maximum Gasteiger partial charge on any atom is 0.0511 e. The second kappa shape index (κ2) is 3.07. The van der Waals surface area contributed by atoms with Crippen LogP contribution in [0.4, 0.5) is 0 Å². The van der Waals surface area contributed by atoms with E-state index in [9.17, 15) is 0 Å². The summed E-state index contributed by atoms with van der Waals surface area (Å²) in [5, 5.41) is 2.16. The summed E-state index contributed by atoms with van der Waals surface area (Å²) < 4.78 is 0. The van der Waals surface area contributed by atoms with Crippen LogP contribution in [0.5, 0.6) is 0 Å². The molecule has 0 amide bonds. The first-order chi connectivity index (χ1) is 6.43. The fourth-order valence-corrected chi connectivity index (χ4v) is 3.74. The van der Waals surface area contributed by atoms with E-state index in [0.29, 0.717) is 5.41 Å². The van der Waals surface area contributed by atoms with Gasteiger partial charge in [-0.05, 0) is 48.6 Å². The highest BCUT2D eigenvalue weighted by atomic mass is 32.1. The van der Waals surface area contributed by atoms with Crippen LogP contribution in [0.1, 0.15) is 43.6 Å². The van der Waals surface area contributed by atoms with Crippen molar-refractivity contribution in [2.45, 2.75) is 45.6 Å². The van der Waals surface area contributed by atoms with Crippen LogP contribution in [0.2, 0.25) is 0 Å². The third kappa shape index (κ3) is 1.61. The molecule has 1 aromatic heterocycles. The Kier molecular flexibility index (Phi) is 2.24. The normalized spacial score (nSPS) is 30.9. The molecule has 0 bridgehead atoms. The van der Waals surface area contributed by atoms with Crippen molar-refractivity contribution < 1.29 is 0 Å². The number of hydrogen-bond acceptors (Lipinski definition) is 2. The topological polar surface area (TPSA) is 26.0 Å². The van der Waals surface area contributed by atoms with Crippen LogP contribution >= 0.6 is 11.3 Å². The summed E-state index contributed by atoms with van der Waals surface area (Å²) in [5.74, 6) is 0. The monoisotopic (exact) mass is 209 g/mol. The van der Waals surface area contributed by atoms with Gasteiger partial charge in [0.15, 0.2) is 0 Å². The van der Waals surface area contributed by atoms with Crippen molar-refractivity contribution in [3.05, 3.63) is 21.9 Å². The van der Waals surface area contributed by atoms with Gasteiger partial charge in [0.05, 0.1) is 5.54 Å². The third-order valence-electron chi connectivity index (χ3n) is 3.36. The molecule has 1 aliphatic rings. The first-order valence-corrected chi connectivity index (χ1v) is 6.14. The van der Waals surface area contributed by atoms with Crippen molar-refractivity contribution in [1.82, 2.24) is 0 Å². The van der Waals surface area contributed by atoms with Gasteiger partial charge in [0.1, 0.15) is 0 Å². The molecule has 0 spiro atoms. The Morgan fingerprint density at radius 2 is 2.07 bits per heavy atom. The molecule has 2 heteroatoms. The lowest BCUT2D eigenvalue weighted by Crippen LogP contribution is -2.34. The van der Waals surface area contributed by atoms with Gasteiger partial charge in [0.2, 0.25) is 0 Å². The van der Waals surface area contributed by atoms with E-state index < -0.39 is 0 Å². The minimum Gasteiger partial charge on any atom is -0.321 e. The van der Waals surface area contributed by atoms with Gasteiger partial charge in [0.25, 0.3) is 0 Å². The summed E-state index contributed by atoms with van der Waals surface area (Å²) >= 11 is 1.82. The molecule has 0 radical (unpaired) electrons. The Hall–Kier alpha value is -0.340. The smallest absolute Gasteiger partial charge is 0.0511 e. The highest BCUT2D eigenvalue weighted by molar-refractivity contribution is 7.10. The maximum absolute atomic E-state index is 6.51. The first kappa shape index (κ1) is 10.2. The van der Waals surface area contributed by atoms with E-state index >= 15 is 0 Å². The number of rotatable bonds is 1. The molecule has 1 fully saturated rings. The minimum atomic E-state index is -0.0399. The van der Waals surface area contributed by atoms with Gasteiger partial charge >= 0.3 is 0 Å². The molecule has 14 heavy (non-hydrogen) atoms. The average Bonchev–Trinajstić information content (AvgIpc) is 2.57. The summed E-state index contributed by atoms with van der Waals surface area (Å²) in [6.07, 6.45) is 3.52. The molecule has 1 aliphatic carbocycles. The van der Waals surface area contributed by atoms with E-state index in [1.165, 1.54) is 16.9 Å². The van der Waals surface area contributed by atoms with E-state index in [0.717, 1.165) is 12.8 Å². The average molecular weight is 209 g/mol. The maximum atomic E-state index is 6.51. The van der Waals surface area contributed by atoms with Crippen LogP contribution in [-0.2, 0) is 5.54 Å². The lowest BCUT2D eigenvalue weighted by molar-refractivity contribution is 0.342. The zero-order valence-electron chi connectivity index (χ0n) is 9.26. The van der Waals surface area contributed by atoms with E-state index in [1.54, 1.807) is 0 Å². The predicted octanol–water partition coefficient (Wildman–Crippen LogP) is 3.42. The molecule has 78 valence electrons. The van der Waals surface area contributed by atoms with Crippen molar-refractivity contribution in [3.8, 4) is 0 Å². The molecule has 1 saturated carbocycles. The SMILES string of the molecule is Cc1ccsc1C1(N)CCC(C)(C)C1. The molecule has 0 saturated heterocycles. The van der Waals surface area contributed by atoms with Crippen LogP contribution in [0.25, 0.3) is 0 Å². The van der Waals surface area contributed by atoms with Gasteiger partial charge in [-0.25, -0.2) is 0 Å². The minimum absolute atomic E-state index is 0.0399. The summed E-state index contributed by atoms with van der Waals surface area (Å²) in [5.41, 5.74) is 8.26. The molecule has 1 unspecified atom stereocenters. The molecular weight excluding hydrogens is 190 g/mol. The fraction of sp³-hybridized carbons (Fsp3) is 0.667. The molecule has 2 N–H and O–H groups in total. The molecular formula is C12H19NS. The zero-order valence-corrected chi connectivity index (χ0v) is 10.1. The van der Waals surface area contributed by atoms with Crippen LogP contribution in [0.15, 0.2) is 11.4 Å². The summed E-state index contributed by atoms with van der Waals surface area (Å²) in [4.78, 5) is 1.41. The van der Waals surface area contributed by atoms with E-state index in [2.05, 4.69) is 32.2 Å². The summed E-state index contributed by atoms with van der Waals surface area (Å²) in [7, 11) is 0. The van der Waals surface area contributed by atoms with Gasteiger partial charge < -0.3 is 5.73 Å². The Labute approximate surface area is 90.3 Å². The van der Waals surface area contributed by atoms with Gasteiger partial charge in [-0.1, -0.05) is 13.8 Å². The summed E-state index contributed by atoms with van der Waals surface area (Å²) in [6, 6.07) is 2.18. The Balaban J connectivity index is 2.32. The van der Waals surface area contributed by atoms with Crippen LogP contribution in [-0.4, -0.2) is 0 Å². The quantitative estimate of drug-likeness (QED) is 0.753. The third-order valence-corrected chi connectivity index (χ3v) is 4.59. The Bertz CT molecular complexity index is 340. The van der Waals surface area contributed by atoms with Gasteiger partial charge in [-0.2, -0.15) is 0 Å². The van der Waals surface area contributed by atoms with Crippen molar-refractivity contribution in [2.75, 3.05) is 0 Å². The van der Waals surface area contributed by atoms with E-state index in [-0.39, 0.29) is 5.54 Å². The number of nitrogens with two attached hydrogens (primary N) is 1. The van der Waals surface area contributed by atoms with Gasteiger partial charge in [-0.3, -0.25) is 0 Å². The van der Waals surface area contributed by atoms with Crippen molar-refractivity contribution in [2.24, 2.45) is 11.1 Å². The number of thiophene rings is 1. The number of aryl methyl sites for hydroxylation is 1. The van der Waals surface area contributed by atoms with Crippen LogP contribution in [0, 0.1) is 12.3 Å². The number of hydrogen-bond donors (Lipinski definition) is 1. The Morgan fingerprint density at radius 3 is 2.50 bits per heavy atom. The second-order valence-corrected chi connectivity index (χ2v) is 6.35. The molecule has 1 aromatic rings. The second-order valence-electron chi connectivity index (χ2n) is 5.43. The van der Waals surface area contributed by atoms with Crippen LogP contribution in [0.3, 0.4) is 0 Å². The van der Waals surface area contributed by atoms with Crippen molar-refractivity contribution in [3.63, 3.8) is 0 Å². The van der Waals surface area contributed by atoms with Gasteiger partial charge in [-0.15, -0.1) is 11.3 Å². The summed E-state index contributed by atoms with van der Waals surface area (Å²) in [6.45, 7) is 6.82. The standard InChI is InChI=1S/C12H19NS/c1-9-4-7-14-10(9)12(13)6-5-11(2,3)8-12/h4,7H,5-6,8,13H2,1-3H3. The van der Waals surface area contributed by atoms with E-state index in [4.69, 9.17) is 5.73 Å². The highest BCUT2D eigenvalue weighted by Gasteiger charge is 2.42. The van der Waals surface area contributed by atoms with Crippen molar-refractivity contribution >= 4 is 11.3 Å². The largest absolute Gasteiger partial charge is 0.321 e. The molecule has 1 atom stereocenters. The fourth-order valence-electron chi connectivity index (χ4n) is 2.67. The molecule has 1 heterocycles. The lowest BCUT2D eigenvalue weighted by atomic mass is 9.86. The molecule has 0 aliphatic heterocycles. The zero-order chi connectivity index (χ0) is 10.4. The first-order valence-electron chi connectivity index (χ1n) is 5.26. The predicted molar refractivity (Wildman–Crippen MR) is 62.6 cm³/mol. The highest BCUT2D eigenvalue weighted by Crippen LogP contribution is 2.49. The lowest BCUT2D eigenvalue weighted by Gasteiger charge is -2.26. The van der Waals surface area contributed by atoms with Crippen molar-refractivity contribution in [1.29, 1.82) is 0 Å². The van der Waals surface area contributed by atoms with Gasteiger partial charge in [0, 0.05) is 4.88 Å². The van der Waals surface area contributed by atoms with E-state index in [1.807, 2.05) is 11.3 Å².